The first-order valence-corrected chi connectivity index (χ1v) is 8.71. The van der Waals surface area contributed by atoms with Crippen LogP contribution in [-0.2, 0) is 4.79 Å². The summed E-state index contributed by atoms with van der Waals surface area (Å²) < 4.78 is 0. The maximum atomic E-state index is 12.2. The standard InChI is InChI=1S/C18H22N2OS/c1-14-5-2-3-6-16(14)19-18(21)13-20-10-8-15(9-11-20)17-7-4-12-22-17/h2-7,12,15H,8-11,13H2,1H3,(H,19,21). The first-order valence-electron chi connectivity index (χ1n) is 7.83. The highest BCUT2D eigenvalue weighted by molar-refractivity contribution is 7.10. The van der Waals surface area contributed by atoms with Crippen LogP contribution in [0.4, 0.5) is 5.69 Å². The van der Waals surface area contributed by atoms with Crippen LogP contribution in [0.15, 0.2) is 41.8 Å². The Hall–Kier alpha value is -1.65. The second kappa shape index (κ2) is 7.07. The van der Waals surface area contributed by atoms with Crippen LogP contribution in [0.25, 0.3) is 0 Å². The fourth-order valence-electron chi connectivity index (χ4n) is 3.01. The van der Waals surface area contributed by atoms with Gasteiger partial charge in [-0.25, -0.2) is 0 Å². The smallest absolute Gasteiger partial charge is 0.238 e. The van der Waals surface area contributed by atoms with E-state index in [9.17, 15) is 4.79 Å². The molecule has 0 spiro atoms. The van der Waals surface area contributed by atoms with Crippen LogP contribution in [0.3, 0.4) is 0 Å². The van der Waals surface area contributed by atoms with Gasteiger partial charge < -0.3 is 5.32 Å². The second-order valence-corrected chi connectivity index (χ2v) is 6.91. The molecule has 2 aromatic rings. The number of hydrogen-bond acceptors (Lipinski definition) is 3. The molecule has 0 radical (unpaired) electrons. The molecule has 1 aromatic carbocycles. The van der Waals surface area contributed by atoms with E-state index in [1.807, 2.05) is 42.5 Å². The monoisotopic (exact) mass is 314 g/mol. The lowest BCUT2D eigenvalue weighted by molar-refractivity contribution is -0.117. The summed E-state index contributed by atoms with van der Waals surface area (Å²) in [4.78, 5) is 15.9. The van der Waals surface area contributed by atoms with E-state index in [2.05, 4.69) is 27.7 Å². The van der Waals surface area contributed by atoms with Crippen molar-refractivity contribution in [3.63, 3.8) is 0 Å². The molecule has 22 heavy (non-hydrogen) atoms. The second-order valence-electron chi connectivity index (χ2n) is 5.93. The molecule has 1 amide bonds. The molecule has 1 N–H and O–H groups in total. The molecule has 3 nitrogen and oxygen atoms in total. The van der Waals surface area contributed by atoms with Gasteiger partial charge in [0, 0.05) is 10.6 Å². The summed E-state index contributed by atoms with van der Waals surface area (Å²) in [5.74, 6) is 0.763. The third kappa shape index (κ3) is 3.76. The van der Waals surface area contributed by atoms with E-state index >= 15 is 0 Å². The largest absolute Gasteiger partial charge is 0.325 e. The summed E-state index contributed by atoms with van der Waals surface area (Å²) in [5.41, 5.74) is 2.02. The lowest BCUT2D eigenvalue weighted by Crippen LogP contribution is -2.38. The highest BCUT2D eigenvalue weighted by Gasteiger charge is 2.22. The molecule has 2 heterocycles. The Kier molecular flexibility index (Phi) is 4.90. The number of benzene rings is 1. The normalized spacial score (nSPS) is 16.6. The molecule has 3 rings (SSSR count). The van der Waals surface area contributed by atoms with Crippen LogP contribution in [0.5, 0.6) is 0 Å². The van der Waals surface area contributed by atoms with E-state index in [-0.39, 0.29) is 5.91 Å². The van der Waals surface area contributed by atoms with Crippen molar-refractivity contribution in [1.29, 1.82) is 0 Å². The summed E-state index contributed by atoms with van der Waals surface area (Å²) in [6, 6.07) is 12.3. The average molecular weight is 314 g/mol. The van der Waals surface area contributed by atoms with Crippen LogP contribution in [0, 0.1) is 6.92 Å². The predicted octanol–water partition coefficient (Wildman–Crippen LogP) is 3.87. The molecule has 0 bridgehead atoms. The van der Waals surface area contributed by atoms with Gasteiger partial charge in [0.1, 0.15) is 0 Å². The van der Waals surface area contributed by atoms with Crippen molar-refractivity contribution in [3.05, 3.63) is 52.2 Å². The number of nitrogens with zero attached hydrogens (tertiary/aromatic N) is 1. The number of para-hydroxylation sites is 1. The number of nitrogens with one attached hydrogen (secondary N) is 1. The molecule has 0 aliphatic carbocycles. The number of likely N-dealkylation sites (tertiary alicyclic amines) is 1. The van der Waals surface area contributed by atoms with Crippen molar-refractivity contribution >= 4 is 22.9 Å². The molecule has 1 aliphatic rings. The Morgan fingerprint density at radius 1 is 1.23 bits per heavy atom. The number of rotatable bonds is 4. The van der Waals surface area contributed by atoms with Crippen molar-refractivity contribution in [3.8, 4) is 0 Å². The number of carbonyl (C=O) groups is 1. The van der Waals surface area contributed by atoms with Crippen molar-refractivity contribution in [1.82, 2.24) is 4.90 Å². The Morgan fingerprint density at radius 3 is 2.68 bits per heavy atom. The zero-order chi connectivity index (χ0) is 15.4. The van der Waals surface area contributed by atoms with Crippen LogP contribution >= 0.6 is 11.3 Å². The minimum absolute atomic E-state index is 0.0869. The first-order chi connectivity index (χ1) is 10.7. The lowest BCUT2D eigenvalue weighted by Gasteiger charge is -2.31. The lowest BCUT2D eigenvalue weighted by atomic mass is 9.95. The van der Waals surface area contributed by atoms with E-state index in [1.54, 1.807) is 0 Å². The number of anilines is 1. The minimum Gasteiger partial charge on any atom is -0.325 e. The zero-order valence-electron chi connectivity index (χ0n) is 12.9. The van der Waals surface area contributed by atoms with Crippen molar-refractivity contribution < 1.29 is 4.79 Å². The molecule has 1 aliphatic heterocycles. The molecule has 1 aromatic heterocycles. The maximum absolute atomic E-state index is 12.2. The summed E-state index contributed by atoms with van der Waals surface area (Å²) in [7, 11) is 0. The Labute approximate surface area is 136 Å². The summed E-state index contributed by atoms with van der Waals surface area (Å²) in [6.45, 7) is 4.52. The van der Waals surface area contributed by atoms with E-state index in [0.717, 1.165) is 37.2 Å². The molecule has 1 saturated heterocycles. The van der Waals surface area contributed by atoms with Gasteiger partial charge in [-0.1, -0.05) is 24.3 Å². The summed E-state index contributed by atoms with van der Waals surface area (Å²) in [6.07, 6.45) is 2.30. The molecule has 116 valence electrons. The number of piperidine rings is 1. The third-order valence-corrected chi connectivity index (χ3v) is 5.35. The Balaban J connectivity index is 1.48. The molecule has 0 unspecified atom stereocenters. The fraction of sp³-hybridized carbons (Fsp3) is 0.389. The number of aryl methyl sites for hydroxylation is 1. The van der Waals surface area contributed by atoms with Crippen LogP contribution in [-0.4, -0.2) is 30.4 Å². The Bertz CT molecular complexity index is 616. The molecule has 0 atom stereocenters. The van der Waals surface area contributed by atoms with Gasteiger partial charge in [0.05, 0.1) is 6.54 Å². The van der Waals surface area contributed by atoms with Gasteiger partial charge in [0.15, 0.2) is 0 Å². The number of hydrogen-bond donors (Lipinski definition) is 1. The number of amides is 1. The van der Waals surface area contributed by atoms with Gasteiger partial charge in [-0.15, -0.1) is 11.3 Å². The minimum atomic E-state index is 0.0869. The van der Waals surface area contributed by atoms with Crippen LogP contribution in [0.1, 0.15) is 29.2 Å². The topological polar surface area (TPSA) is 32.3 Å². The average Bonchev–Trinajstić information content (AvgIpc) is 3.05. The quantitative estimate of drug-likeness (QED) is 0.929. The molecule has 0 saturated carbocycles. The molecule has 4 heteroatoms. The van der Waals surface area contributed by atoms with E-state index in [0.29, 0.717) is 12.5 Å². The highest BCUT2D eigenvalue weighted by atomic mass is 32.1. The number of thiophene rings is 1. The Morgan fingerprint density at radius 2 is 2.00 bits per heavy atom. The van der Waals surface area contributed by atoms with Crippen LogP contribution < -0.4 is 5.32 Å². The van der Waals surface area contributed by atoms with Gasteiger partial charge in [-0.2, -0.15) is 0 Å². The zero-order valence-corrected chi connectivity index (χ0v) is 13.7. The van der Waals surface area contributed by atoms with E-state index in [1.165, 1.54) is 4.88 Å². The predicted molar refractivity (Wildman–Crippen MR) is 92.5 cm³/mol. The summed E-state index contributed by atoms with van der Waals surface area (Å²) >= 11 is 1.85. The van der Waals surface area contributed by atoms with E-state index < -0.39 is 0 Å². The first kappa shape index (κ1) is 15.3. The highest BCUT2D eigenvalue weighted by Crippen LogP contribution is 2.30. The SMILES string of the molecule is Cc1ccccc1NC(=O)CN1CCC(c2cccs2)CC1. The maximum Gasteiger partial charge on any atom is 0.238 e. The van der Waals surface area contributed by atoms with Crippen molar-refractivity contribution in [2.75, 3.05) is 25.0 Å². The summed E-state index contributed by atoms with van der Waals surface area (Å²) in [5, 5.41) is 5.17. The van der Waals surface area contributed by atoms with Gasteiger partial charge in [0.25, 0.3) is 0 Å². The fourth-order valence-corrected chi connectivity index (χ4v) is 3.90. The third-order valence-electron chi connectivity index (χ3n) is 4.32. The van der Waals surface area contributed by atoms with Gasteiger partial charge in [-0.3, -0.25) is 9.69 Å². The number of carbonyl (C=O) groups excluding carboxylic acids is 1. The van der Waals surface area contributed by atoms with Gasteiger partial charge >= 0.3 is 0 Å². The van der Waals surface area contributed by atoms with Crippen molar-refractivity contribution in [2.24, 2.45) is 0 Å². The molecule has 1 fully saturated rings. The van der Waals surface area contributed by atoms with Crippen molar-refractivity contribution in [2.45, 2.75) is 25.7 Å². The van der Waals surface area contributed by atoms with Gasteiger partial charge in [0.2, 0.25) is 5.91 Å². The van der Waals surface area contributed by atoms with Gasteiger partial charge in [-0.05, 0) is 61.8 Å². The van der Waals surface area contributed by atoms with E-state index in [4.69, 9.17) is 0 Å². The molecular weight excluding hydrogens is 292 g/mol. The molecular formula is C18H22N2OS. The van der Waals surface area contributed by atoms with Crippen LogP contribution in [0.2, 0.25) is 0 Å².